The van der Waals surface area contributed by atoms with Crippen LogP contribution in [0.3, 0.4) is 0 Å². The van der Waals surface area contributed by atoms with Gasteiger partial charge in [0.1, 0.15) is 0 Å². The Balaban J connectivity index is 1.51. The third-order valence-electron chi connectivity index (χ3n) is 4.35. The molecule has 2 aromatic rings. The predicted molar refractivity (Wildman–Crippen MR) is 104 cm³/mol. The van der Waals surface area contributed by atoms with Crippen molar-refractivity contribution in [3.05, 3.63) is 68.6 Å². The molecule has 1 heterocycles. The molecule has 1 amide bonds. The van der Waals surface area contributed by atoms with E-state index < -0.39 is 0 Å². The average Bonchev–Trinajstić information content (AvgIpc) is 2.57. The zero-order chi connectivity index (χ0) is 16.9. The highest BCUT2D eigenvalue weighted by atomic mass is 79.9. The zero-order valence-corrected chi connectivity index (χ0v) is 16.5. The Kier molecular flexibility index (Phi) is 6.09. The van der Waals surface area contributed by atoms with Crippen molar-refractivity contribution in [2.24, 2.45) is 0 Å². The van der Waals surface area contributed by atoms with Crippen LogP contribution >= 0.6 is 31.9 Å². The summed E-state index contributed by atoms with van der Waals surface area (Å²) in [6.07, 6.45) is 1.99. The Bertz CT molecular complexity index is 698. The highest BCUT2D eigenvalue weighted by molar-refractivity contribution is 9.11. The molecule has 2 aromatic carbocycles. The van der Waals surface area contributed by atoms with E-state index in [1.807, 2.05) is 24.3 Å². The standard InChI is InChI=1S/C19H20Br2N2O/c20-15-6-7-17(18(21)12-15)19(24)22-16-8-10-23(11-9-16)13-14-4-2-1-3-5-14/h1-7,12,16H,8-11,13H2,(H,22,24). The number of rotatable bonds is 4. The van der Waals surface area contributed by atoms with Gasteiger partial charge in [0.05, 0.1) is 5.56 Å². The Labute approximate surface area is 159 Å². The van der Waals surface area contributed by atoms with Crippen molar-refractivity contribution in [1.82, 2.24) is 10.2 Å². The maximum Gasteiger partial charge on any atom is 0.252 e. The SMILES string of the molecule is O=C(NC1CCN(Cc2ccccc2)CC1)c1ccc(Br)cc1Br. The molecular formula is C19H20Br2N2O. The summed E-state index contributed by atoms with van der Waals surface area (Å²) < 4.78 is 1.77. The van der Waals surface area contributed by atoms with Crippen LogP contribution in [0.5, 0.6) is 0 Å². The molecule has 3 nitrogen and oxygen atoms in total. The number of piperidine rings is 1. The summed E-state index contributed by atoms with van der Waals surface area (Å²) in [5.74, 6) is -0.00381. The molecule has 0 unspecified atom stereocenters. The molecule has 1 saturated heterocycles. The third kappa shape index (κ3) is 4.68. The van der Waals surface area contributed by atoms with Crippen LogP contribution in [0.4, 0.5) is 0 Å². The molecule has 126 valence electrons. The summed E-state index contributed by atoms with van der Waals surface area (Å²) in [5, 5.41) is 3.17. The van der Waals surface area contributed by atoms with Gasteiger partial charge < -0.3 is 5.32 Å². The number of amides is 1. The molecule has 0 atom stereocenters. The van der Waals surface area contributed by atoms with Crippen molar-refractivity contribution < 1.29 is 4.79 Å². The minimum atomic E-state index is -0.00381. The van der Waals surface area contributed by atoms with Crippen molar-refractivity contribution in [3.8, 4) is 0 Å². The fraction of sp³-hybridized carbons (Fsp3) is 0.316. The lowest BCUT2D eigenvalue weighted by molar-refractivity contribution is 0.0908. The summed E-state index contributed by atoms with van der Waals surface area (Å²) in [5.41, 5.74) is 2.03. The van der Waals surface area contributed by atoms with E-state index in [9.17, 15) is 4.79 Å². The number of hydrogen-bond donors (Lipinski definition) is 1. The minimum absolute atomic E-state index is 0.00381. The Morgan fingerprint density at radius 1 is 1.08 bits per heavy atom. The molecule has 0 radical (unpaired) electrons. The summed E-state index contributed by atoms with van der Waals surface area (Å²) in [6, 6.07) is 16.4. The number of hydrogen-bond acceptors (Lipinski definition) is 2. The number of benzene rings is 2. The lowest BCUT2D eigenvalue weighted by Gasteiger charge is -2.32. The second kappa shape index (κ2) is 8.28. The number of halogens is 2. The molecule has 1 aliphatic rings. The van der Waals surface area contributed by atoms with Crippen LogP contribution in [0.1, 0.15) is 28.8 Å². The fourth-order valence-electron chi connectivity index (χ4n) is 3.01. The van der Waals surface area contributed by atoms with E-state index in [0.717, 1.165) is 41.4 Å². The zero-order valence-electron chi connectivity index (χ0n) is 13.3. The first kappa shape index (κ1) is 17.6. The molecule has 1 fully saturated rings. The van der Waals surface area contributed by atoms with E-state index >= 15 is 0 Å². The van der Waals surface area contributed by atoms with E-state index in [4.69, 9.17) is 0 Å². The largest absolute Gasteiger partial charge is 0.349 e. The molecule has 0 saturated carbocycles. The molecular weight excluding hydrogens is 432 g/mol. The molecule has 1 aliphatic heterocycles. The summed E-state index contributed by atoms with van der Waals surface area (Å²) in [4.78, 5) is 14.9. The number of carbonyl (C=O) groups is 1. The van der Waals surface area contributed by atoms with E-state index in [-0.39, 0.29) is 11.9 Å². The summed E-state index contributed by atoms with van der Waals surface area (Å²) in [7, 11) is 0. The van der Waals surface area contributed by atoms with Crippen molar-refractivity contribution in [2.75, 3.05) is 13.1 Å². The second-order valence-electron chi connectivity index (χ2n) is 6.13. The topological polar surface area (TPSA) is 32.3 Å². The van der Waals surface area contributed by atoms with Gasteiger partial charge in [-0.1, -0.05) is 46.3 Å². The van der Waals surface area contributed by atoms with Gasteiger partial charge in [-0.25, -0.2) is 0 Å². The molecule has 0 spiro atoms. The lowest BCUT2D eigenvalue weighted by atomic mass is 10.0. The number of likely N-dealkylation sites (tertiary alicyclic amines) is 1. The van der Waals surface area contributed by atoms with Crippen LogP contribution in [0, 0.1) is 0 Å². The number of carbonyl (C=O) groups excluding carboxylic acids is 1. The van der Waals surface area contributed by atoms with Gasteiger partial charge in [0.15, 0.2) is 0 Å². The van der Waals surface area contributed by atoms with Gasteiger partial charge in [-0.15, -0.1) is 0 Å². The first-order valence-corrected chi connectivity index (χ1v) is 9.72. The molecule has 3 rings (SSSR count). The predicted octanol–water partition coefficient (Wildman–Crippen LogP) is 4.61. The molecule has 0 bridgehead atoms. The highest BCUT2D eigenvalue weighted by Gasteiger charge is 2.22. The smallest absolute Gasteiger partial charge is 0.252 e. The summed E-state index contributed by atoms with van der Waals surface area (Å²) in [6.45, 7) is 3.02. The Hall–Kier alpha value is -1.17. The summed E-state index contributed by atoms with van der Waals surface area (Å²) >= 11 is 6.87. The van der Waals surface area contributed by atoms with Gasteiger partial charge in [0.2, 0.25) is 0 Å². The third-order valence-corrected chi connectivity index (χ3v) is 5.50. The van der Waals surface area contributed by atoms with Crippen molar-refractivity contribution >= 4 is 37.8 Å². The lowest BCUT2D eigenvalue weighted by Crippen LogP contribution is -2.44. The first-order chi connectivity index (χ1) is 11.6. The molecule has 0 aliphatic carbocycles. The van der Waals surface area contributed by atoms with Crippen molar-refractivity contribution in [2.45, 2.75) is 25.4 Å². The van der Waals surface area contributed by atoms with Crippen LogP contribution in [0.2, 0.25) is 0 Å². The van der Waals surface area contributed by atoms with Gasteiger partial charge in [-0.05, 0) is 52.5 Å². The maximum atomic E-state index is 12.4. The molecule has 5 heteroatoms. The Morgan fingerprint density at radius 2 is 1.79 bits per heavy atom. The average molecular weight is 452 g/mol. The van der Waals surface area contributed by atoms with Gasteiger partial charge in [0, 0.05) is 34.6 Å². The van der Waals surface area contributed by atoms with E-state index in [2.05, 4.69) is 66.3 Å². The van der Waals surface area contributed by atoms with Gasteiger partial charge in [-0.3, -0.25) is 9.69 Å². The van der Waals surface area contributed by atoms with Crippen LogP contribution < -0.4 is 5.32 Å². The van der Waals surface area contributed by atoms with Crippen LogP contribution in [0.15, 0.2) is 57.5 Å². The molecule has 1 N–H and O–H groups in total. The van der Waals surface area contributed by atoms with E-state index in [0.29, 0.717) is 5.56 Å². The Morgan fingerprint density at radius 3 is 2.46 bits per heavy atom. The fourth-order valence-corrected chi connectivity index (χ4v) is 4.24. The quantitative estimate of drug-likeness (QED) is 0.736. The number of nitrogens with zero attached hydrogens (tertiary/aromatic N) is 1. The highest BCUT2D eigenvalue weighted by Crippen LogP contribution is 2.22. The van der Waals surface area contributed by atoms with E-state index in [1.54, 1.807) is 0 Å². The first-order valence-electron chi connectivity index (χ1n) is 8.14. The molecule has 24 heavy (non-hydrogen) atoms. The maximum absolute atomic E-state index is 12.4. The van der Waals surface area contributed by atoms with Gasteiger partial charge in [-0.2, -0.15) is 0 Å². The van der Waals surface area contributed by atoms with Crippen molar-refractivity contribution in [3.63, 3.8) is 0 Å². The number of nitrogens with one attached hydrogen (secondary N) is 1. The van der Waals surface area contributed by atoms with Crippen LogP contribution in [-0.2, 0) is 6.54 Å². The van der Waals surface area contributed by atoms with Crippen LogP contribution in [0.25, 0.3) is 0 Å². The van der Waals surface area contributed by atoms with Crippen LogP contribution in [-0.4, -0.2) is 29.9 Å². The minimum Gasteiger partial charge on any atom is -0.349 e. The molecule has 0 aromatic heterocycles. The second-order valence-corrected chi connectivity index (χ2v) is 7.90. The normalized spacial score (nSPS) is 16.1. The van der Waals surface area contributed by atoms with Crippen molar-refractivity contribution in [1.29, 1.82) is 0 Å². The van der Waals surface area contributed by atoms with E-state index in [1.165, 1.54) is 5.56 Å². The van der Waals surface area contributed by atoms with Gasteiger partial charge in [0.25, 0.3) is 5.91 Å². The van der Waals surface area contributed by atoms with Gasteiger partial charge >= 0.3 is 0 Å². The monoisotopic (exact) mass is 450 g/mol.